The Balaban J connectivity index is 3.67. The summed E-state index contributed by atoms with van der Waals surface area (Å²) >= 11 is 11.6. The summed E-state index contributed by atoms with van der Waals surface area (Å²) in [6, 6.07) is 0. The lowest BCUT2D eigenvalue weighted by Crippen LogP contribution is -2.09. The fourth-order valence-corrected chi connectivity index (χ4v) is 2.50. The van der Waals surface area contributed by atoms with Crippen LogP contribution in [0.3, 0.4) is 0 Å². The summed E-state index contributed by atoms with van der Waals surface area (Å²) in [6.07, 6.45) is 1.39. The zero-order valence-corrected chi connectivity index (χ0v) is 14.5. The number of aliphatic hydroxyl groups excluding tert-OH is 1. The Hall–Kier alpha value is 0.810. The van der Waals surface area contributed by atoms with E-state index in [-0.39, 0.29) is 17.4 Å². The maximum absolute atomic E-state index is 8.59. The topological polar surface area (TPSA) is 57.2 Å². The third-order valence-electron chi connectivity index (χ3n) is 1.90. The minimum absolute atomic E-state index is 0.0950. The Morgan fingerprint density at radius 3 is 1.95 bits per heavy atom. The molecule has 0 fully saturated rings. The lowest BCUT2D eigenvalue weighted by molar-refractivity contribution is 0.0973. The maximum atomic E-state index is 8.59. The molecule has 0 aliphatic carbocycles. The van der Waals surface area contributed by atoms with E-state index in [1.165, 1.54) is 0 Å². The molecule has 0 amide bonds. The van der Waals surface area contributed by atoms with Gasteiger partial charge in [-0.2, -0.15) is 0 Å². The Kier molecular flexibility index (Phi) is 15.3. The van der Waals surface area contributed by atoms with Gasteiger partial charge in [0, 0.05) is 19.8 Å². The highest BCUT2D eigenvalue weighted by molar-refractivity contribution is 7.41. The van der Waals surface area contributed by atoms with Crippen molar-refractivity contribution >= 4 is 31.8 Å². The van der Waals surface area contributed by atoms with E-state index in [1.54, 1.807) is 0 Å². The molecule has 0 aromatic rings. The van der Waals surface area contributed by atoms with Gasteiger partial charge in [-0.1, -0.05) is 0 Å². The van der Waals surface area contributed by atoms with Gasteiger partial charge in [-0.15, -0.1) is 23.2 Å². The van der Waals surface area contributed by atoms with Crippen LogP contribution in [0.1, 0.15) is 26.7 Å². The van der Waals surface area contributed by atoms with Crippen LogP contribution < -0.4 is 0 Å². The Bertz CT molecular complexity index is 198. The summed E-state index contributed by atoms with van der Waals surface area (Å²) in [5.41, 5.74) is 0. The predicted molar refractivity (Wildman–Crippen MR) is 82.5 cm³/mol. The van der Waals surface area contributed by atoms with Gasteiger partial charge in [0.1, 0.15) is 0 Å². The van der Waals surface area contributed by atoms with Gasteiger partial charge in [0.25, 0.3) is 0 Å². The smallest absolute Gasteiger partial charge is 0.332 e. The zero-order valence-electron chi connectivity index (χ0n) is 12.1. The molecule has 2 unspecified atom stereocenters. The number of alkyl halides is 2. The van der Waals surface area contributed by atoms with Crippen molar-refractivity contribution in [3.8, 4) is 0 Å². The van der Waals surface area contributed by atoms with Crippen molar-refractivity contribution in [2.75, 3.05) is 39.6 Å². The second kappa shape index (κ2) is 14.7. The van der Waals surface area contributed by atoms with Gasteiger partial charge in [-0.3, -0.25) is 0 Å². The standard InChI is InChI=1S/C12H25Cl2O5P/c1-11(13)9-18-20(19-10-12(2)14)17-8-4-7-16-6-3-5-15/h11-12,15H,3-10H2,1-2H3. The van der Waals surface area contributed by atoms with Crippen LogP contribution in [-0.4, -0.2) is 55.5 Å². The first-order valence-corrected chi connectivity index (χ1v) is 8.68. The molecule has 0 aliphatic heterocycles. The number of ether oxygens (including phenoxy) is 1. The van der Waals surface area contributed by atoms with Crippen molar-refractivity contribution in [3.05, 3.63) is 0 Å². The molecular formula is C12H25Cl2O5P. The third-order valence-corrected chi connectivity index (χ3v) is 3.26. The molecule has 2 atom stereocenters. The minimum Gasteiger partial charge on any atom is -0.396 e. The van der Waals surface area contributed by atoms with Gasteiger partial charge in [-0.05, 0) is 26.7 Å². The minimum atomic E-state index is -1.42. The molecule has 0 aliphatic rings. The molecule has 122 valence electrons. The quantitative estimate of drug-likeness (QED) is 0.296. The summed E-state index contributed by atoms with van der Waals surface area (Å²) in [5, 5.41) is 8.40. The molecule has 5 nitrogen and oxygen atoms in total. The van der Waals surface area contributed by atoms with Gasteiger partial charge in [0.15, 0.2) is 0 Å². The van der Waals surface area contributed by atoms with Crippen molar-refractivity contribution in [2.45, 2.75) is 37.4 Å². The van der Waals surface area contributed by atoms with Gasteiger partial charge in [0.2, 0.25) is 0 Å². The van der Waals surface area contributed by atoms with Crippen molar-refractivity contribution in [2.24, 2.45) is 0 Å². The van der Waals surface area contributed by atoms with Crippen LogP contribution in [0.5, 0.6) is 0 Å². The van der Waals surface area contributed by atoms with Crippen molar-refractivity contribution in [1.82, 2.24) is 0 Å². The molecule has 0 spiro atoms. The lowest BCUT2D eigenvalue weighted by atomic mass is 10.5. The van der Waals surface area contributed by atoms with E-state index in [2.05, 4.69) is 0 Å². The van der Waals surface area contributed by atoms with E-state index in [4.69, 9.17) is 46.6 Å². The maximum Gasteiger partial charge on any atom is 0.332 e. The first kappa shape index (κ1) is 20.8. The molecule has 8 heteroatoms. The first-order valence-electron chi connectivity index (χ1n) is 6.71. The molecule has 0 heterocycles. The fraction of sp³-hybridized carbons (Fsp3) is 1.00. The second-order valence-electron chi connectivity index (χ2n) is 4.25. The van der Waals surface area contributed by atoms with E-state index in [0.717, 1.165) is 6.42 Å². The van der Waals surface area contributed by atoms with Gasteiger partial charge in [0.05, 0.1) is 30.6 Å². The summed E-state index contributed by atoms with van der Waals surface area (Å²) in [4.78, 5) is 0. The number of hydrogen-bond acceptors (Lipinski definition) is 5. The highest BCUT2D eigenvalue weighted by atomic mass is 35.5. The van der Waals surface area contributed by atoms with Crippen LogP contribution in [0.25, 0.3) is 0 Å². The molecule has 1 N–H and O–H groups in total. The van der Waals surface area contributed by atoms with E-state index in [9.17, 15) is 0 Å². The SMILES string of the molecule is CC(Cl)COP(OCCCOCCCO)OCC(C)Cl. The summed E-state index contributed by atoms with van der Waals surface area (Å²) in [5.74, 6) is 0. The van der Waals surface area contributed by atoms with Gasteiger partial charge in [-0.25, -0.2) is 0 Å². The van der Waals surface area contributed by atoms with Crippen LogP contribution in [0.2, 0.25) is 0 Å². The second-order valence-corrected chi connectivity index (χ2v) is 6.96. The van der Waals surface area contributed by atoms with Crippen LogP contribution >= 0.6 is 31.8 Å². The molecule has 0 saturated heterocycles. The average molecular weight is 351 g/mol. The lowest BCUT2D eigenvalue weighted by Gasteiger charge is -2.18. The monoisotopic (exact) mass is 350 g/mol. The number of aliphatic hydroxyl groups is 1. The Morgan fingerprint density at radius 1 is 0.900 bits per heavy atom. The van der Waals surface area contributed by atoms with Crippen LogP contribution in [-0.2, 0) is 18.3 Å². The number of rotatable bonds is 14. The average Bonchev–Trinajstić information content (AvgIpc) is 2.39. The Labute approximate surface area is 132 Å². The normalized spacial score (nSPS) is 16.1. The van der Waals surface area contributed by atoms with E-state index >= 15 is 0 Å². The summed E-state index contributed by atoms with van der Waals surface area (Å²) in [6.45, 7) is 6.21. The van der Waals surface area contributed by atoms with E-state index < -0.39 is 8.60 Å². The molecular weight excluding hydrogens is 326 g/mol. The van der Waals surface area contributed by atoms with Crippen molar-refractivity contribution in [3.63, 3.8) is 0 Å². The third kappa shape index (κ3) is 15.2. The van der Waals surface area contributed by atoms with E-state index in [1.807, 2.05) is 13.8 Å². The molecule has 0 bridgehead atoms. The number of hydrogen-bond donors (Lipinski definition) is 1. The molecule has 0 aromatic carbocycles. The first-order chi connectivity index (χ1) is 9.56. The summed E-state index contributed by atoms with van der Waals surface area (Å²) in [7, 11) is -1.42. The highest BCUT2D eigenvalue weighted by Crippen LogP contribution is 2.40. The highest BCUT2D eigenvalue weighted by Gasteiger charge is 2.15. The van der Waals surface area contributed by atoms with Crippen LogP contribution in [0, 0.1) is 0 Å². The molecule has 0 saturated carbocycles. The van der Waals surface area contributed by atoms with Crippen LogP contribution in [0.15, 0.2) is 0 Å². The molecule has 0 aromatic heterocycles. The molecule has 0 rings (SSSR count). The van der Waals surface area contributed by atoms with Crippen molar-refractivity contribution < 1.29 is 23.4 Å². The van der Waals surface area contributed by atoms with E-state index in [0.29, 0.717) is 39.5 Å². The zero-order chi connectivity index (χ0) is 15.2. The van der Waals surface area contributed by atoms with Gasteiger partial charge >= 0.3 is 8.60 Å². The Morgan fingerprint density at radius 2 is 1.45 bits per heavy atom. The van der Waals surface area contributed by atoms with Gasteiger partial charge < -0.3 is 23.4 Å². The van der Waals surface area contributed by atoms with Crippen molar-refractivity contribution in [1.29, 1.82) is 0 Å². The predicted octanol–water partition coefficient (Wildman–Crippen LogP) is 3.31. The summed E-state index contributed by atoms with van der Waals surface area (Å²) < 4.78 is 21.7. The molecule has 0 radical (unpaired) electrons. The molecule has 20 heavy (non-hydrogen) atoms. The van der Waals surface area contributed by atoms with Crippen LogP contribution in [0.4, 0.5) is 0 Å². The number of halogens is 2. The largest absolute Gasteiger partial charge is 0.396 e. The fourth-order valence-electron chi connectivity index (χ4n) is 1.01.